The number of hydrogen-bond acceptors (Lipinski definition) is 6. The topological polar surface area (TPSA) is 80.0 Å². The van der Waals surface area contributed by atoms with Crippen LogP contribution in [0.4, 0.5) is 23.5 Å². The molecule has 0 aliphatic carbocycles. The van der Waals surface area contributed by atoms with E-state index in [1.807, 2.05) is 18.7 Å². The molecule has 0 aliphatic rings. The van der Waals surface area contributed by atoms with Crippen LogP contribution in [0.2, 0.25) is 0 Å². The number of nitrogens with zero attached hydrogens (tertiary/aromatic N) is 4. The second-order valence-electron chi connectivity index (χ2n) is 4.93. The summed E-state index contributed by atoms with van der Waals surface area (Å²) < 4.78 is 0. The van der Waals surface area contributed by atoms with Crippen molar-refractivity contribution in [3.63, 3.8) is 0 Å². The minimum absolute atomic E-state index is 0.222. The highest BCUT2D eigenvalue weighted by atomic mass is 15.3. The van der Waals surface area contributed by atoms with Crippen molar-refractivity contribution in [1.29, 1.82) is 0 Å². The molecule has 0 unspecified atom stereocenters. The Bertz CT molecular complexity index is 622. The van der Waals surface area contributed by atoms with E-state index in [9.17, 15) is 0 Å². The minimum atomic E-state index is 0.222. The third kappa shape index (κ3) is 3.59. The van der Waals surface area contributed by atoms with Gasteiger partial charge in [0.05, 0.1) is 0 Å². The molecule has 6 heteroatoms. The van der Waals surface area contributed by atoms with Gasteiger partial charge in [-0.05, 0) is 44.9 Å². The van der Waals surface area contributed by atoms with Gasteiger partial charge in [-0.2, -0.15) is 15.0 Å². The maximum Gasteiger partial charge on any atom is 0.233 e. The third-order valence-corrected chi connectivity index (χ3v) is 3.33. The molecule has 6 nitrogen and oxygen atoms in total. The van der Waals surface area contributed by atoms with Gasteiger partial charge in [-0.1, -0.05) is 12.1 Å². The number of nitrogens with one attached hydrogen (secondary N) is 1. The van der Waals surface area contributed by atoms with E-state index in [4.69, 9.17) is 5.73 Å². The molecule has 0 fully saturated rings. The molecule has 0 radical (unpaired) electrons. The van der Waals surface area contributed by atoms with Gasteiger partial charge in [-0.25, -0.2) is 0 Å². The molecule has 0 amide bonds. The van der Waals surface area contributed by atoms with Crippen molar-refractivity contribution in [2.45, 2.75) is 27.7 Å². The van der Waals surface area contributed by atoms with Crippen LogP contribution < -0.4 is 16.0 Å². The maximum atomic E-state index is 5.80. The molecule has 0 spiro atoms. The molecule has 0 aliphatic heterocycles. The van der Waals surface area contributed by atoms with Crippen LogP contribution in [0.5, 0.6) is 0 Å². The molecular weight excluding hydrogens is 264 g/mol. The molecule has 2 aromatic rings. The highest BCUT2D eigenvalue weighted by Crippen LogP contribution is 2.21. The number of hydrogen-bond donors (Lipinski definition) is 2. The molecule has 0 atom stereocenters. The van der Waals surface area contributed by atoms with Crippen molar-refractivity contribution in [2.24, 2.45) is 0 Å². The first-order valence-electron chi connectivity index (χ1n) is 7.14. The van der Waals surface area contributed by atoms with Crippen LogP contribution in [0, 0.1) is 13.8 Å². The lowest BCUT2D eigenvalue weighted by atomic mass is 10.1. The van der Waals surface area contributed by atoms with Crippen molar-refractivity contribution >= 4 is 23.5 Å². The summed E-state index contributed by atoms with van der Waals surface area (Å²) in [5, 5.41) is 3.23. The first-order chi connectivity index (χ1) is 10.0. The van der Waals surface area contributed by atoms with E-state index in [-0.39, 0.29) is 5.95 Å². The van der Waals surface area contributed by atoms with E-state index in [1.54, 1.807) is 0 Å². The Morgan fingerprint density at radius 2 is 1.81 bits per heavy atom. The van der Waals surface area contributed by atoms with Gasteiger partial charge in [-0.3, -0.25) is 0 Å². The van der Waals surface area contributed by atoms with Crippen molar-refractivity contribution in [3.05, 3.63) is 29.3 Å². The van der Waals surface area contributed by atoms with Crippen LogP contribution in [0.3, 0.4) is 0 Å². The molecule has 1 heterocycles. The fraction of sp³-hybridized carbons (Fsp3) is 0.400. The highest BCUT2D eigenvalue weighted by Gasteiger charge is 2.10. The summed E-state index contributed by atoms with van der Waals surface area (Å²) in [7, 11) is 0. The lowest BCUT2D eigenvalue weighted by Gasteiger charge is -2.19. The van der Waals surface area contributed by atoms with Crippen molar-refractivity contribution in [3.8, 4) is 0 Å². The summed E-state index contributed by atoms with van der Waals surface area (Å²) in [5.41, 5.74) is 9.08. The molecule has 1 aromatic heterocycles. The lowest BCUT2D eigenvalue weighted by molar-refractivity contribution is 0.816. The molecule has 0 bridgehead atoms. The van der Waals surface area contributed by atoms with Crippen molar-refractivity contribution < 1.29 is 0 Å². The molecule has 2 rings (SSSR count). The monoisotopic (exact) mass is 286 g/mol. The van der Waals surface area contributed by atoms with Gasteiger partial charge in [0.2, 0.25) is 17.8 Å². The number of benzene rings is 1. The number of nitrogen functional groups attached to an aromatic ring is 1. The van der Waals surface area contributed by atoms with Crippen LogP contribution in [-0.4, -0.2) is 28.0 Å². The van der Waals surface area contributed by atoms with Gasteiger partial charge in [0.25, 0.3) is 0 Å². The molecule has 0 saturated carbocycles. The zero-order chi connectivity index (χ0) is 15.4. The average Bonchev–Trinajstić information content (AvgIpc) is 2.44. The zero-order valence-electron chi connectivity index (χ0n) is 13.0. The third-order valence-electron chi connectivity index (χ3n) is 3.33. The highest BCUT2D eigenvalue weighted by molar-refractivity contribution is 5.60. The standard InChI is InChI=1S/C15H22N6/c1-5-21(6-2)15-19-13(16)18-14(20-15)17-12-9-10(3)7-8-11(12)4/h7-9H,5-6H2,1-4H3,(H3,16,17,18,19,20). The number of anilines is 4. The summed E-state index contributed by atoms with van der Waals surface area (Å²) >= 11 is 0. The molecule has 21 heavy (non-hydrogen) atoms. The largest absolute Gasteiger partial charge is 0.368 e. The summed E-state index contributed by atoms with van der Waals surface area (Å²) in [6, 6.07) is 6.20. The summed E-state index contributed by atoms with van der Waals surface area (Å²) in [5.74, 6) is 1.29. The fourth-order valence-corrected chi connectivity index (χ4v) is 2.08. The van der Waals surface area contributed by atoms with E-state index in [0.717, 1.165) is 24.3 Å². The predicted octanol–water partition coefficient (Wildman–Crippen LogP) is 2.66. The second kappa shape index (κ2) is 6.39. The summed E-state index contributed by atoms with van der Waals surface area (Å²) in [4.78, 5) is 14.9. The molecular formula is C15H22N6. The van der Waals surface area contributed by atoms with Gasteiger partial charge < -0.3 is 16.0 Å². The van der Waals surface area contributed by atoms with Crippen LogP contribution in [0.15, 0.2) is 18.2 Å². The van der Waals surface area contributed by atoms with Gasteiger partial charge in [0.15, 0.2) is 0 Å². The van der Waals surface area contributed by atoms with Gasteiger partial charge >= 0.3 is 0 Å². The Morgan fingerprint density at radius 3 is 2.48 bits per heavy atom. The zero-order valence-corrected chi connectivity index (χ0v) is 13.0. The Labute approximate surface area is 125 Å². The molecule has 112 valence electrons. The Kier molecular flexibility index (Phi) is 4.57. The molecule has 0 saturated heterocycles. The number of aromatic nitrogens is 3. The number of aryl methyl sites for hydroxylation is 2. The van der Waals surface area contributed by atoms with E-state index < -0.39 is 0 Å². The van der Waals surface area contributed by atoms with E-state index in [2.05, 4.69) is 52.3 Å². The van der Waals surface area contributed by atoms with Gasteiger partial charge in [-0.15, -0.1) is 0 Å². The fourth-order valence-electron chi connectivity index (χ4n) is 2.08. The first kappa shape index (κ1) is 15.0. The summed E-state index contributed by atoms with van der Waals surface area (Å²) in [6.45, 7) is 9.85. The second-order valence-corrected chi connectivity index (χ2v) is 4.93. The lowest BCUT2D eigenvalue weighted by Crippen LogP contribution is -2.25. The van der Waals surface area contributed by atoms with E-state index >= 15 is 0 Å². The van der Waals surface area contributed by atoms with Crippen LogP contribution in [-0.2, 0) is 0 Å². The average molecular weight is 286 g/mol. The Morgan fingerprint density at radius 1 is 1.10 bits per heavy atom. The molecule has 3 N–H and O–H groups in total. The number of nitrogens with two attached hydrogens (primary N) is 1. The smallest absolute Gasteiger partial charge is 0.233 e. The number of rotatable bonds is 5. The normalized spacial score (nSPS) is 10.5. The van der Waals surface area contributed by atoms with Crippen LogP contribution in [0.1, 0.15) is 25.0 Å². The minimum Gasteiger partial charge on any atom is -0.368 e. The van der Waals surface area contributed by atoms with E-state index in [0.29, 0.717) is 11.9 Å². The maximum absolute atomic E-state index is 5.80. The first-order valence-corrected chi connectivity index (χ1v) is 7.14. The molecule has 1 aromatic carbocycles. The quantitative estimate of drug-likeness (QED) is 0.879. The van der Waals surface area contributed by atoms with Crippen LogP contribution >= 0.6 is 0 Å². The van der Waals surface area contributed by atoms with Crippen molar-refractivity contribution in [1.82, 2.24) is 15.0 Å². The predicted molar refractivity (Wildman–Crippen MR) is 87.0 cm³/mol. The Hall–Kier alpha value is -2.37. The van der Waals surface area contributed by atoms with Crippen LogP contribution in [0.25, 0.3) is 0 Å². The van der Waals surface area contributed by atoms with Gasteiger partial charge in [0.1, 0.15) is 0 Å². The Balaban J connectivity index is 2.34. The van der Waals surface area contributed by atoms with Gasteiger partial charge in [0, 0.05) is 18.8 Å². The van der Waals surface area contributed by atoms with Crippen molar-refractivity contribution in [2.75, 3.05) is 29.0 Å². The SMILES string of the molecule is CCN(CC)c1nc(N)nc(Nc2cc(C)ccc2C)n1. The van der Waals surface area contributed by atoms with E-state index in [1.165, 1.54) is 5.56 Å². The summed E-state index contributed by atoms with van der Waals surface area (Å²) in [6.07, 6.45) is 0.